The predicted octanol–water partition coefficient (Wildman–Crippen LogP) is 2.99. The number of amides is 1. The Morgan fingerprint density at radius 2 is 2.12 bits per heavy atom. The molecule has 1 saturated heterocycles. The fourth-order valence-electron chi connectivity index (χ4n) is 3.17. The van der Waals surface area contributed by atoms with Crippen LogP contribution < -0.4 is 5.56 Å². The summed E-state index contributed by atoms with van der Waals surface area (Å²) in [6, 6.07) is 11.3. The van der Waals surface area contributed by atoms with Crippen molar-refractivity contribution in [2.45, 2.75) is 32.3 Å². The number of H-pyrrole nitrogens is 1. The molecular formula is C20H24N2O3. The molecule has 1 amide bonds. The Labute approximate surface area is 147 Å². The number of pyridine rings is 1. The summed E-state index contributed by atoms with van der Waals surface area (Å²) < 4.78 is 5.67. The lowest BCUT2D eigenvalue weighted by molar-refractivity contribution is -0.000220. The highest BCUT2D eigenvalue weighted by molar-refractivity contribution is 5.94. The maximum absolute atomic E-state index is 12.6. The molecular weight excluding hydrogens is 316 g/mol. The van der Waals surface area contributed by atoms with Gasteiger partial charge in [0.05, 0.1) is 6.10 Å². The van der Waals surface area contributed by atoms with Gasteiger partial charge in [-0.15, -0.1) is 0 Å². The zero-order valence-electron chi connectivity index (χ0n) is 14.7. The summed E-state index contributed by atoms with van der Waals surface area (Å²) in [6.45, 7) is 3.26. The molecule has 132 valence electrons. The van der Waals surface area contributed by atoms with Crippen molar-refractivity contribution in [1.29, 1.82) is 0 Å². The van der Waals surface area contributed by atoms with Gasteiger partial charge in [-0.05, 0) is 49.9 Å². The number of rotatable bonds is 4. The van der Waals surface area contributed by atoms with Crippen LogP contribution in [0, 0.1) is 6.92 Å². The third-order valence-corrected chi connectivity index (χ3v) is 4.57. The van der Waals surface area contributed by atoms with Gasteiger partial charge in [0.15, 0.2) is 0 Å². The average Bonchev–Trinajstić information content (AvgIpc) is 2.62. The van der Waals surface area contributed by atoms with E-state index in [1.165, 1.54) is 0 Å². The van der Waals surface area contributed by atoms with E-state index >= 15 is 0 Å². The third kappa shape index (κ3) is 4.17. The topological polar surface area (TPSA) is 62.4 Å². The van der Waals surface area contributed by atoms with E-state index in [-0.39, 0.29) is 23.1 Å². The van der Waals surface area contributed by atoms with Crippen molar-refractivity contribution < 1.29 is 9.53 Å². The monoisotopic (exact) mass is 340 g/mol. The maximum Gasteiger partial charge on any atom is 0.261 e. The molecule has 1 atom stereocenters. The second-order valence-electron chi connectivity index (χ2n) is 6.66. The Bertz CT molecular complexity index is 807. The largest absolute Gasteiger partial charge is 0.376 e. The molecule has 0 aliphatic carbocycles. The number of hydrogen-bond donors (Lipinski definition) is 1. The van der Waals surface area contributed by atoms with Gasteiger partial charge < -0.3 is 14.6 Å². The van der Waals surface area contributed by atoms with Crippen LogP contribution in [0.15, 0.2) is 41.2 Å². The highest BCUT2D eigenvalue weighted by Crippen LogP contribution is 2.18. The van der Waals surface area contributed by atoms with Gasteiger partial charge in [0.2, 0.25) is 0 Å². The van der Waals surface area contributed by atoms with Crippen LogP contribution in [-0.4, -0.2) is 42.1 Å². The van der Waals surface area contributed by atoms with Crippen molar-refractivity contribution in [3.05, 3.63) is 57.9 Å². The number of aromatic nitrogens is 1. The van der Waals surface area contributed by atoms with Crippen molar-refractivity contribution in [3.8, 4) is 11.3 Å². The summed E-state index contributed by atoms with van der Waals surface area (Å²) in [6.07, 6.45) is 3.22. The molecule has 2 heterocycles. The standard InChI is InChI=1S/C20H24N2O3/c1-14-6-5-7-15(12-14)18-10-9-17(19(23)21-18)20(24)22(2)13-16-8-3-4-11-25-16/h5-7,9-10,12,16H,3-4,8,11,13H2,1-2H3,(H,21,23)/t16-/m0/s1. The summed E-state index contributed by atoms with van der Waals surface area (Å²) in [4.78, 5) is 29.4. The van der Waals surface area contributed by atoms with Crippen molar-refractivity contribution in [2.24, 2.45) is 0 Å². The Hall–Kier alpha value is -2.40. The molecule has 1 aromatic heterocycles. The second kappa shape index (κ2) is 7.66. The zero-order valence-corrected chi connectivity index (χ0v) is 14.7. The minimum absolute atomic E-state index is 0.0633. The van der Waals surface area contributed by atoms with Crippen molar-refractivity contribution in [3.63, 3.8) is 0 Å². The van der Waals surface area contributed by atoms with Gasteiger partial charge in [-0.3, -0.25) is 9.59 Å². The predicted molar refractivity (Wildman–Crippen MR) is 97.8 cm³/mol. The quantitative estimate of drug-likeness (QED) is 0.931. The van der Waals surface area contributed by atoms with E-state index in [0.717, 1.165) is 37.0 Å². The summed E-state index contributed by atoms with van der Waals surface area (Å²) in [5.41, 5.74) is 2.56. The van der Waals surface area contributed by atoms with E-state index in [9.17, 15) is 9.59 Å². The molecule has 1 aliphatic heterocycles. The van der Waals surface area contributed by atoms with E-state index in [1.54, 1.807) is 24.1 Å². The maximum atomic E-state index is 12.6. The Balaban J connectivity index is 1.75. The number of aromatic amines is 1. The Morgan fingerprint density at radius 1 is 1.28 bits per heavy atom. The lowest BCUT2D eigenvalue weighted by Crippen LogP contribution is -2.39. The van der Waals surface area contributed by atoms with E-state index in [2.05, 4.69) is 4.98 Å². The minimum atomic E-state index is -0.361. The molecule has 0 bridgehead atoms. The molecule has 3 rings (SSSR count). The average molecular weight is 340 g/mol. The fraction of sp³-hybridized carbons (Fsp3) is 0.400. The molecule has 0 spiro atoms. The number of likely N-dealkylation sites (N-methyl/N-ethyl adjacent to an activating group) is 1. The Kier molecular flexibility index (Phi) is 5.34. The van der Waals surface area contributed by atoms with Gasteiger partial charge >= 0.3 is 0 Å². The first-order valence-corrected chi connectivity index (χ1v) is 8.72. The second-order valence-corrected chi connectivity index (χ2v) is 6.66. The first kappa shape index (κ1) is 17.4. The van der Waals surface area contributed by atoms with Crippen molar-refractivity contribution in [1.82, 2.24) is 9.88 Å². The van der Waals surface area contributed by atoms with E-state index < -0.39 is 0 Å². The lowest BCUT2D eigenvalue weighted by atomic mass is 10.1. The van der Waals surface area contributed by atoms with Gasteiger partial charge in [0.1, 0.15) is 5.56 Å². The molecule has 0 radical (unpaired) electrons. The lowest BCUT2D eigenvalue weighted by Gasteiger charge is -2.27. The van der Waals surface area contributed by atoms with Gasteiger partial charge in [-0.1, -0.05) is 23.8 Å². The number of nitrogens with zero attached hydrogens (tertiary/aromatic N) is 1. The van der Waals surface area contributed by atoms with Crippen LogP contribution in [0.4, 0.5) is 0 Å². The van der Waals surface area contributed by atoms with Crippen LogP contribution >= 0.6 is 0 Å². The zero-order chi connectivity index (χ0) is 17.8. The van der Waals surface area contributed by atoms with Crippen LogP contribution in [-0.2, 0) is 4.74 Å². The first-order chi connectivity index (χ1) is 12.0. The molecule has 25 heavy (non-hydrogen) atoms. The number of benzene rings is 1. The number of ether oxygens (including phenoxy) is 1. The molecule has 1 N–H and O–H groups in total. The van der Waals surface area contributed by atoms with E-state index in [0.29, 0.717) is 12.2 Å². The number of aryl methyl sites for hydroxylation is 1. The summed E-state index contributed by atoms with van der Waals surface area (Å²) in [5.74, 6) is -0.272. The number of carbonyl (C=O) groups is 1. The first-order valence-electron chi connectivity index (χ1n) is 8.72. The van der Waals surface area contributed by atoms with Crippen molar-refractivity contribution >= 4 is 5.91 Å². The van der Waals surface area contributed by atoms with Crippen LogP contribution in [0.25, 0.3) is 11.3 Å². The minimum Gasteiger partial charge on any atom is -0.376 e. The van der Waals surface area contributed by atoms with Gasteiger partial charge in [-0.2, -0.15) is 0 Å². The van der Waals surface area contributed by atoms with E-state index in [4.69, 9.17) is 4.74 Å². The molecule has 1 aromatic carbocycles. The Morgan fingerprint density at radius 3 is 2.80 bits per heavy atom. The molecule has 1 fully saturated rings. The molecule has 5 heteroatoms. The molecule has 0 saturated carbocycles. The molecule has 2 aromatic rings. The van der Waals surface area contributed by atoms with Crippen LogP contribution in [0.1, 0.15) is 35.2 Å². The summed E-state index contributed by atoms with van der Waals surface area (Å²) in [5, 5.41) is 0. The van der Waals surface area contributed by atoms with Gasteiger partial charge in [0.25, 0.3) is 11.5 Å². The smallest absolute Gasteiger partial charge is 0.261 e. The summed E-state index contributed by atoms with van der Waals surface area (Å²) >= 11 is 0. The molecule has 0 unspecified atom stereocenters. The number of nitrogens with one attached hydrogen (secondary N) is 1. The fourth-order valence-corrected chi connectivity index (χ4v) is 3.17. The van der Waals surface area contributed by atoms with Crippen LogP contribution in [0.3, 0.4) is 0 Å². The normalized spacial score (nSPS) is 17.3. The van der Waals surface area contributed by atoms with Gasteiger partial charge in [0, 0.05) is 25.9 Å². The molecule has 1 aliphatic rings. The van der Waals surface area contributed by atoms with Crippen LogP contribution in [0.2, 0.25) is 0 Å². The van der Waals surface area contributed by atoms with E-state index in [1.807, 2.05) is 31.2 Å². The molecule has 5 nitrogen and oxygen atoms in total. The summed E-state index contributed by atoms with van der Waals surface area (Å²) in [7, 11) is 1.72. The SMILES string of the molecule is Cc1cccc(-c2ccc(C(=O)N(C)C[C@@H]3CCCCO3)c(=O)[nH]2)c1. The van der Waals surface area contributed by atoms with Crippen molar-refractivity contribution in [2.75, 3.05) is 20.2 Å². The van der Waals surface area contributed by atoms with Gasteiger partial charge in [-0.25, -0.2) is 0 Å². The highest BCUT2D eigenvalue weighted by atomic mass is 16.5. The number of carbonyl (C=O) groups excluding carboxylic acids is 1. The number of hydrogen-bond acceptors (Lipinski definition) is 3. The third-order valence-electron chi connectivity index (χ3n) is 4.57. The van der Waals surface area contributed by atoms with Crippen LogP contribution in [0.5, 0.6) is 0 Å². The highest BCUT2D eigenvalue weighted by Gasteiger charge is 2.21.